The Morgan fingerprint density at radius 3 is 2.28 bits per heavy atom. The van der Waals surface area contributed by atoms with Gasteiger partial charge in [-0.2, -0.15) is 0 Å². The molecule has 1 unspecified atom stereocenters. The molecule has 1 fully saturated rings. The molecular weight excluding hydrogens is 362 g/mol. The zero-order valence-electron chi connectivity index (χ0n) is 18.2. The molecule has 5 nitrogen and oxygen atoms in total. The van der Waals surface area contributed by atoms with Crippen LogP contribution in [0.1, 0.15) is 33.3 Å². The number of nitrogens with zero attached hydrogens (tertiary/aromatic N) is 2. The van der Waals surface area contributed by atoms with Gasteiger partial charge in [0.15, 0.2) is 0 Å². The highest BCUT2D eigenvalue weighted by molar-refractivity contribution is 5.94. The van der Waals surface area contributed by atoms with E-state index in [1.165, 1.54) is 11.3 Å². The second kappa shape index (κ2) is 8.87. The summed E-state index contributed by atoms with van der Waals surface area (Å²) in [5.41, 5.74) is 3.39. The summed E-state index contributed by atoms with van der Waals surface area (Å²) in [5, 5.41) is 3.06. The van der Waals surface area contributed by atoms with Crippen LogP contribution in [-0.4, -0.2) is 50.1 Å². The number of methoxy groups -OCH3 is 1. The maximum absolute atomic E-state index is 12.7. The fraction of sp³-hybridized carbons (Fsp3) is 0.458. The molecule has 2 aromatic carbocycles. The molecule has 0 spiro atoms. The summed E-state index contributed by atoms with van der Waals surface area (Å²) in [6.45, 7) is 12.1. The second-order valence-electron chi connectivity index (χ2n) is 8.72. The van der Waals surface area contributed by atoms with Crippen molar-refractivity contribution in [2.75, 3.05) is 43.5 Å². The van der Waals surface area contributed by atoms with Crippen LogP contribution in [0.3, 0.4) is 0 Å². The molecule has 0 saturated carbocycles. The quantitative estimate of drug-likeness (QED) is 0.826. The molecule has 2 aromatic rings. The van der Waals surface area contributed by atoms with Gasteiger partial charge in [0.1, 0.15) is 5.75 Å². The van der Waals surface area contributed by atoms with Crippen LogP contribution < -0.4 is 15.0 Å². The van der Waals surface area contributed by atoms with Crippen molar-refractivity contribution >= 4 is 17.3 Å². The van der Waals surface area contributed by atoms with Crippen molar-refractivity contribution in [1.29, 1.82) is 0 Å². The van der Waals surface area contributed by atoms with E-state index >= 15 is 0 Å². The van der Waals surface area contributed by atoms with E-state index < -0.39 is 0 Å². The Bertz CT molecular complexity index is 819. The molecule has 0 aliphatic carbocycles. The van der Waals surface area contributed by atoms with Gasteiger partial charge in [-0.15, -0.1) is 0 Å². The minimum atomic E-state index is -0.162. The second-order valence-corrected chi connectivity index (χ2v) is 8.72. The van der Waals surface area contributed by atoms with Crippen LogP contribution in [0.25, 0.3) is 0 Å². The largest absolute Gasteiger partial charge is 0.497 e. The predicted octanol–water partition coefficient (Wildman–Crippen LogP) is 4.14. The van der Waals surface area contributed by atoms with E-state index in [1.54, 1.807) is 7.11 Å². The topological polar surface area (TPSA) is 44.8 Å². The number of piperazine rings is 1. The van der Waals surface area contributed by atoms with Gasteiger partial charge >= 0.3 is 0 Å². The maximum Gasteiger partial charge on any atom is 0.241 e. The minimum Gasteiger partial charge on any atom is -0.497 e. The van der Waals surface area contributed by atoms with Gasteiger partial charge in [-0.25, -0.2) is 0 Å². The Kier molecular flexibility index (Phi) is 6.48. The van der Waals surface area contributed by atoms with E-state index in [1.807, 2.05) is 31.2 Å². The Hall–Kier alpha value is -2.53. The van der Waals surface area contributed by atoms with Gasteiger partial charge < -0.3 is 15.0 Å². The molecule has 1 amide bonds. The monoisotopic (exact) mass is 395 g/mol. The Labute approximate surface area is 174 Å². The zero-order valence-corrected chi connectivity index (χ0v) is 18.2. The first kappa shape index (κ1) is 21.2. The highest BCUT2D eigenvalue weighted by atomic mass is 16.5. The number of hydrogen-bond acceptors (Lipinski definition) is 4. The van der Waals surface area contributed by atoms with Crippen LogP contribution in [-0.2, 0) is 10.2 Å². The number of rotatable bonds is 5. The number of ether oxygens (including phenoxy) is 1. The van der Waals surface area contributed by atoms with Crippen molar-refractivity contribution in [3.63, 3.8) is 0 Å². The molecule has 1 aliphatic heterocycles. The summed E-state index contributed by atoms with van der Waals surface area (Å²) >= 11 is 0. The number of anilines is 2. The highest BCUT2D eigenvalue weighted by Gasteiger charge is 2.26. The van der Waals surface area contributed by atoms with Crippen LogP contribution >= 0.6 is 0 Å². The minimum absolute atomic E-state index is 0.0448. The maximum atomic E-state index is 12.7. The normalized spacial score (nSPS) is 16.4. The standard InChI is InChI=1S/C24H33N3O2/c1-18(23(28)25-20-11-9-19(10-12-20)24(2,3)4)26-13-15-27(16-14-26)21-7-6-8-22(17-21)29-5/h6-12,17-18H,13-16H2,1-5H3,(H,25,28). The first-order valence-corrected chi connectivity index (χ1v) is 10.3. The third-order valence-electron chi connectivity index (χ3n) is 5.68. The zero-order chi connectivity index (χ0) is 21.0. The molecule has 1 aliphatic rings. The molecule has 156 valence electrons. The number of carbonyl (C=O) groups excluding carboxylic acids is 1. The van der Waals surface area contributed by atoms with Gasteiger partial charge in [0.25, 0.3) is 0 Å². The Morgan fingerprint density at radius 2 is 1.69 bits per heavy atom. The molecule has 0 bridgehead atoms. The van der Waals surface area contributed by atoms with Crippen LogP contribution in [0.15, 0.2) is 48.5 Å². The molecule has 5 heteroatoms. The molecule has 3 rings (SSSR count). The summed E-state index contributed by atoms with van der Waals surface area (Å²) in [4.78, 5) is 17.3. The lowest BCUT2D eigenvalue weighted by Crippen LogP contribution is -2.52. The number of hydrogen-bond donors (Lipinski definition) is 1. The SMILES string of the molecule is COc1cccc(N2CCN(C(C)C(=O)Nc3ccc(C(C)(C)C)cc3)CC2)c1. The van der Waals surface area contributed by atoms with Crippen LogP contribution in [0.5, 0.6) is 5.75 Å². The van der Waals surface area contributed by atoms with E-state index in [9.17, 15) is 4.79 Å². The molecule has 0 radical (unpaired) electrons. The van der Waals surface area contributed by atoms with Gasteiger partial charge in [0, 0.05) is 43.6 Å². The Balaban J connectivity index is 1.54. The van der Waals surface area contributed by atoms with Crippen molar-refractivity contribution in [2.24, 2.45) is 0 Å². The lowest BCUT2D eigenvalue weighted by molar-refractivity contribution is -0.120. The van der Waals surface area contributed by atoms with E-state index in [0.717, 1.165) is 37.6 Å². The average molecular weight is 396 g/mol. The van der Waals surface area contributed by atoms with Crippen molar-refractivity contribution in [3.05, 3.63) is 54.1 Å². The van der Waals surface area contributed by atoms with E-state index in [2.05, 4.69) is 60.2 Å². The number of nitrogens with one attached hydrogen (secondary N) is 1. The third-order valence-corrected chi connectivity index (χ3v) is 5.68. The summed E-state index contributed by atoms with van der Waals surface area (Å²) in [7, 11) is 1.69. The Morgan fingerprint density at radius 1 is 1.03 bits per heavy atom. The summed E-state index contributed by atoms with van der Waals surface area (Å²) in [5.74, 6) is 0.915. The first-order chi connectivity index (χ1) is 13.8. The molecule has 29 heavy (non-hydrogen) atoms. The van der Waals surface area contributed by atoms with Crippen molar-refractivity contribution in [1.82, 2.24) is 4.90 Å². The highest BCUT2D eigenvalue weighted by Crippen LogP contribution is 2.24. The van der Waals surface area contributed by atoms with Gasteiger partial charge in [0.05, 0.1) is 13.2 Å². The van der Waals surface area contributed by atoms with Crippen LogP contribution in [0.4, 0.5) is 11.4 Å². The molecule has 0 aromatic heterocycles. The summed E-state index contributed by atoms with van der Waals surface area (Å²) < 4.78 is 5.33. The summed E-state index contributed by atoms with van der Waals surface area (Å²) in [6.07, 6.45) is 0. The smallest absolute Gasteiger partial charge is 0.241 e. The van der Waals surface area contributed by atoms with Crippen LogP contribution in [0.2, 0.25) is 0 Å². The molecule has 1 N–H and O–H groups in total. The molecular formula is C24H33N3O2. The van der Waals surface area contributed by atoms with Gasteiger partial charge in [-0.1, -0.05) is 39.0 Å². The lowest BCUT2D eigenvalue weighted by Gasteiger charge is -2.38. The van der Waals surface area contributed by atoms with Crippen molar-refractivity contribution in [3.8, 4) is 5.75 Å². The van der Waals surface area contributed by atoms with E-state index in [0.29, 0.717) is 0 Å². The fourth-order valence-electron chi connectivity index (χ4n) is 3.64. The van der Waals surface area contributed by atoms with E-state index in [-0.39, 0.29) is 17.4 Å². The number of benzene rings is 2. The summed E-state index contributed by atoms with van der Waals surface area (Å²) in [6, 6.07) is 16.1. The lowest BCUT2D eigenvalue weighted by atomic mass is 9.87. The molecule has 1 heterocycles. The fourth-order valence-corrected chi connectivity index (χ4v) is 3.64. The number of amides is 1. The molecule has 1 atom stereocenters. The first-order valence-electron chi connectivity index (χ1n) is 10.3. The van der Waals surface area contributed by atoms with Crippen LogP contribution in [0, 0.1) is 0 Å². The van der Waals surface area contributed by atoms with Gasteiger partial charge in [0.2, 0.25) is 5.91 Å². The van der Waals surface area contributed by atoms with Gasteiger partial charge in [-0.05, 0) is 42.2 Å². The van der Waals surface area contributed by atoms with Crippen molar-refractivity contribution in [2.45, 2.75) is 39.2 Å². The van der Waals surface area contributed by atoms with Crippen molar-refractivity contribution < 1.29 is 9.53 Å². The predicted molar refractivity (Wildman–Crippen MR) is 120 cm³/mol. The van der Waals surface area contributed by atoms with Gasteiger partial charge in [-0.3, -0.25) is 9.69 Å². The average Bonchev–Trinajstić information content (AvgIpc) is 2.73. The number of carbonyl (C=O) groups is 1. The third kappa shape index (κ3) is 5.30. The van der Waals surface area contributed by atoms with E-state index in [4.69, 9.17) is 4.74 Å². The molecule has 1 saturated heterocycles.